The summed E-state index contributed by atoms with van der Waals surface area (Å²) in [7, 11) is 5.17. The minimum atomic E-state index is -0.406. The number of esters is 1. The Labute approximate surface area is 172 Å². The molecule has 0 fully saturated rings. The van der Waals surface area contributed by atoms with Gasteiger partial charge < -0.3 is 24.1 Å². The fraction of sp³-hybridized carbons (Fsp3) is 0.455. The zero-order valence-corrected chi connectivity index (χ0v) is 18.3. The van der Waals surface area contributed by atoms with E-state index in [4.69, 9.17) is 14.2 Å². The second kappa shape index (κ2) is 9.60. The van der Waals surface area contributed by atoms with E-state index in [1.54, 1.807) is 35.0 Å². The Kier molecular flexibility index (Phi) is 7.45. The molecular formula is C22H31N2O5+. The Hall–Kier alpha value is -2.80. The van der Waals surface area contributed by atoms with Crippen LogP contribution in [0.15, 0.2) is 18.2 Å². The van der Waals surface area contributed by atoms with Crippen LogP contribution in [0.3, 0.4) is 0 Å². The van der Waals surface area contributed by atoms with Gasteiger partial charge in [-0.3, -0.25) is 4.79 Å². The van der Waals surface area contributed by atoms with Gasteiger partial charge in [0.25, 0.3) is 0 Å². The van der Waals surface area contributed by atoms with E-state index in [-0.39, 0.29) is 11.8 Å². The third kappa shape index (κ3) is 4.79. The lowest BCUT2D eigenvalue weighted by Gasteiger charge is -2.21. The average molecular weight is 403 g/mol. The Balaban J connectivity index is 2.20. The first-order chi connectivity index (χ1) is 13.7. The fourth-order valence-corrected chi connectivity index (χ4v) is 3.41. The number of nitrogens with one attached hydrogen (secondary N) is 2. The number of ketones is 1. The van der Waals surface area contributed by atoms with Crippen molar-refractivity contribution in [2.45, 2.75) is 40.3 Å². The van der Waals surface area contributed by atoms with E-state index < -0.39 is 5.97 Å². The van der Waals surface area contributed by atoms with Crippen molar-refractivity contribution < 1.29 is 28.7 Å². The highest BCUT2D eigenvalue weighted by Gasteiger charge is 2.29. The molecule has 1 unspecified atom stereocenters. The van der Waals surface area contributed by atoms with Crippen LogP contribution < -0.4 is 14.4 Å². The van der Waals surface area contributed by atoms with Gasteiger partial charge >= 0.3 is 5.97 Å². The first-order valence-corrected chi connectivity index (χ1v) is 9.68. The van der Waals surface area contributed by atoms with Crippen LogP contribution in [0, 0.1) is 13.8 Å². The molecule has 0 spiro atoms. The van der Waals surface area contributed by atoms with Crippen molar-refractivity contribution in [2.24, 2.45) is 0 Å². The summed E-state index contributed by atoms with van der Waals surface area (Å²) in [5, 5.41) is 0. The molecule has 1 heterocycles. The Morgan fingerprint density at radius 1 is 1.14 bits per heavy atom. The molecule has 2 N–H and O–H groups in total. The highest BCUT2D eigenvalue weighted by Crippen LogP contribution is 2.27. The summed E-state index contributed by atoms with van der Waals surface area (Å²) in [5.41, 5.74) is 3.22. The molecule has 2 aromatic rings. The number of quaternary nitrogens is 1. The van der Waals surface area contributed by atoms with Gasteiger partial charge in [0.2, 0.25) is 5.78 Å². The van der Waals surface area contributed by atoms with Crippen LogP contribution >= 0.6 is 0 Å². The van der Waals surface area contributed by atoms with Crippen molar-refractivity contribution in [2.75, 3.05) is 27.9 Å². The Bertz CT molecular complexity index is 888. The number of ether oxygens (including phenoxy) is 3. The lowest BCUT2D eigenvalue weighted by atomic mass is 10.0. The van der Waals surface area contributed by atoms with E-state index in [0.29, 0.717) is 47.2 Å². The number of likely N-dealkylation sites (N-methyl/N-ethyl adjacent to an activating group) is 1. The molecule has 2 rings (SSSR count). The van der Waals surface area contributed by atoms with Crippen LogP contribution in [0.5, 0.6) is 11.5 Å². The molecule has 158 valence electrons. The number of hydrogen-bond donors (Lipinski definition) is 2. The molecule has 7 heteroatoms. The van der Waals surface area contributed by atoms with Crippen molar-refractivity contribution >= 4 is 11.8 Å². The molecule has 29 heavy (non-hydrogen) atoms. The lowest BCUT2D eigenvalue weighted by molar-refractivity contribution is -0.907. The molecule has 0 aliphatic carbocycles. The van der Waals surface area contributed by atoms with Gasteiger partial charge in [0, 0.05) is 11.3 Å². The van der Waals surface area contributed by atoms with E-state index >= 15 is 0 Å². The zero-order valence-electron chi connectivity index (χ0n) is 18.3. The predicted octanol–water partition coefficient (Wildman–Crippen LogP) is 2.11. The molecule has 0 aliphatic heterocycles. The van der Waals surface area contributed by atoms with Gasteiger partial charge in [-0.2, -0.15) is 0 Å². The maximum absolute atomic E-state index is 13.1. The highest BCUT2D eigenvalue weighted by atomic mass is 16.5. The van der Waals surface area contributed by atoms with Gasteiger partial charge in [-0.05, 0) is 51.5 Å². The maximum atomic E-state index is 13.1. The number of H-pyrrole nitrogens is 1. The van der Waals surface area contributed by atoms with E-state index in [1.165, 1.54) is 0 Å². The van der Waals surface area contributed by atoms with Crippen LogP contribution in [0.25, 0.3) is 0 Å². The molecule has 0 saturated heterocycles. The summed E-state index contributed by atoms with van der Waals surface area (Å²) in [4.78, 5) is 29.4. The van der Waals surface area contributed by atoms with Crippen molar-refractivity contribution in [1.29, 1.82) is 0 Å². The van der Waals surface area contributed by atoms with E-state index in [2.05, 4.69) is 4.98 Å². The second-order valence-electron chi connectivity index (χ2n) is 7.14. The maximum Gasteiger partial charge on any atom is 0.340 e. The van der Waals surface area contributed by atoms with Gasteiger partial charge in [-0.25, -0.2) is 4.79 Å². The van der Waals surface area contributed by atoms with Crippen LogP contribution in [0.2, 0.25) is 0 Å². The van der Waals surface area contributed by atoms with Gasteiger partial charge in [-0.1, -0.05) is 0 Å². The normalized spacial score (nSPS) is 12.9. The molecule has 2 atom stereocenters. The first-order valence-electron chi connectivity index (χ1n) is 9.68. The molecule has 0 bridgehead atoms. The highest BCUT2D eigenvalue weighted by molar-refractivity contribution is 6.03. The molecule has 0 amide bonds. The number of rotatable bonds is 9. The van der Waals surface area contributed by atoms with Crippen molar-refractivity contribution in [3.63, 3.8) is 0 Å². The quantitative estimate of drug-likeness (QED) is 0.495. The number of aromatic amines is 1. The minimum Gasteiger partial charge on any atom is -0.493 e. The summed E-state index contributed by atoms with van der Waals surface area (Å²) < 4.78 is 15.7. The number of aromatic nitrogens is 1. The fourth-order valence-electron chi connectivity index (χ4n) is 3.41. The summed E-state index contributed by atoms with van der Waals surface area (Å²) in [5.74, 6) is 0.879. The third-order valence-corrected chi connectivity index (χ3v) is 5.23. The molecular weight excluding hydrogens is 372 g/mol. The van der Waals surface area contributed by atoms with Gasteiger partial charge in [0.05, 0.1) is 39.1 Å². The summed E-state index contributed by atoms with van der Waals surface area (Å²) in [6, 6.07) is 5.43. The number of hydrogen-bond acceptors (Lipinski definition) is 5. The van der Waals surface area contributed by atoms with Crippen LogP contribution in [-0.2, 0) is 11.3 Å². The monoisotopic (exact) mass is 403 g/mol. The summed E-state index contributed by atoms with van der Waals surface area (Å²) in [6.07, 6.45) is 0. The van der Waals surface area contributed by atoms with Crippen LogP contribution in [-0.4, -0.2) is 50.7 Å². The number of aryl methyl sites for hydroxylation is 1. The number of carbonyl (C=O) groups excluding carboxylic acids is 2. The molecule has 0 radical (unpaired) electrons. The number of carbonyl (C=O) groups is 2. The number of Topliss-reactive ketones (excluding diaryl/α,β-unsaturated/α-hetero) is 1. The summed E-state index contributed by atoms with van der Waals surface area (Å²) in [6.45, 7) is 8.13. The van der Waals surface area contributed by atoms with Crippen LogP contribution in [0.4, 0.5) is 0 Å². The lowest BCUT2D eigenvalue weighted by Crippen LogP contribution is -3.12. The largest absolute Gasteiger partial charge is 0.493 e. The molecule has 0 saturated carbocycles. The summed E-state index contributed by atoms with van der Waals surface area (Å²) >= 11 is 0. The van der Waals surface area contributed by atoms with Gasteiger partial charge in [-0.15, -0.1) is 0 Å². The third-order valence-electron chi connectivity index (χ3n) is 5.23. The number of methoxy groups -OCH3 is 2. The van der Waals surface area contributed by atoms with Gasteiger partial charge in [0.15, 0.2) is 17.5 Å². The Morgan fingerprint density at radius 3 is 2.38 bits per heavy atom. The SMILES string of the molecule is CCOC(=O)c1c(C)[nH]c(C(=O)[C@H](C)[NH+](C)Cc2ccc(OC)c(OC)c2)c1C. The standard InChI is InChI=1S/C22H30N2O5/c1-8-29-22(26)19-13(2)20(23-14(19)3)21(25)15(4)24(5)12-16-9-10-17(27-6)18(11-16)28-7/h9-11,15,23H,8,12H2,1-7H3/p+1/t15-/m0/s1. The van der Waals surface area contributed by atoms with E-state index in [0.717, 1.165) is 10.5 Å². The molecule has 7 nitrogen and oxygen atoms in total. The smallest absolute Gasteiger partial charge is 0.340 e. The molecule has 0 aliphatic rings. The zero-order chi connectivity index (χ0) is 21.7. The molecule has 1 aromatic carbocycles. The van der Waals surface area contributed by atoms with E-state index in [9.17, 15) is 9.59 Å². The van der Waals surface area contributed by atoms with Gasteiger partial charge in [0.1, 0.15) is 6.54 Å². The number of benzene rings is 1. The average Bonchev–Trinajstić information content (AvgIpc) is 3.00. The Morgan fingerprint density at radius 2 is 1.79 bits per heavy atom. The van der Waals surface area contributed by atoms with Crippen molar-refractivity contribution in [1.82, 2.24) is 4.98 Å². The van der Waals surface area contributed by atoms with Crippen molar-refractivity contribution in [3.05, 3.63) is 46.3 Å². The van der Waals surface area contributed by atoms with Crippen molar-refractivity contribution in [3.8, 4) is 11.5 Å². The van der Waals surface area contributed by atoms with Crippen LogP contribution in [0.1, 0.15) is 51.5 Å². The molecule has 1 aromatic heterocycles. The predicted molar refractivity (Wildman–Crippen MR) is 110 cm³/mol. The second-order valence-corrected chi connectivity index (χ2v) is 7.14. The van der Waals surface area contributed by atoms with E-state index in [1.807, 2.05) is 32.2 Å². The topological polar surface area (TPSA) is 82.1 Å². The minimum absolute atomic E-state index is 0.0425. The first kappa shape index (κ1) is 22.5.